The van der Waals surface area contributed by atoms with Crippen molar-refractivity contribution in [3.05, 3.63) is 12.7 Å². The molecule has 2 amide bonds. The fourth-order valence-corrected chi connectivity index (χ4v) is 8.53. The summed E-state index contributed by atoms with van der Waals surface area (Å²) in [6.07, 6.45) is -7.01. The second-order valence-electron chi connectivity index (χ2n) is 12.5. The Bertz CT molecular complexity index is 1880. The molecule has 3 heterocycles. The number of nitrogen functional groups attached to an aromatic ring is 1. The van der Waals surface area contributed by atoms with E-state index in [1.807, 2.05) is 0 Å². The maximum Gasteiger partial charge on any atom is 0.481 e. The minimum atomic E-state index is -5.59. The SMILES string of the molecule is CCC(C(=O)O)C(=O)SCCNC(=O)CCNC(=O)[C@H](O)C(C)(C)COP(=O)(O)OP(=O)(O)OC[C@H]1O[C@@H](n2cnc3c(N)ncnc32)[C@H](O)[C@@H]1OP(=O)(O)O. The van der Waals surface area contributed by atoms with Crippen molar-refractivity contribution in [2.75, 3.05) is 37.8 Å². The lowest BCUT2D eigenvalue weighted by Gasteiger charge is -2.30. The second-order valence-corrected chi connectivity index (χ2v) is 17.9. The molecule has 0 aliphatic carbocycles. The van der Waals surface area contributed by atoms with Crippen molar-refractivity contribution in [2.45, 2.75) is 64.3 Å². The topological polar surface area (TPSA) is 401 Å². The van der Waals surface area contributed by atoms with Crippen molar-refractivity contribution in [1.29, 1.82) is 0 Å². The number of nitrogens with zero attached hydrogens (tertiary/aromatic N) is 4. The van der Waals surface area contributed by atoms with Crippen LogP contribution in [-0.2, 0) is 55.5 Å². The highest BCUT2D eigenvalue weighted by atomic mass is 32.2. The van der Waals surface area contributed by atoms with Crippen molar-refractivity contribution in [3.63, 3.8) is 0 Å². The maximum absolute atomic E-state index is 12.7. The van der Waals surface area contributed by atoms with Gasteiger partial charge in [-0.3, -0.25) is 37.3 Å². The number of carbonyl (C=O) groups excluding carboxylic acids is 3. The maximum atomic E-state index is 12.7. The second kappa shape index (κ2) is 19.7. The van der Waals surface area contributed by atoms with Gasteiger partial charge in [0.1, 0.15) is 42.2 Å². The average Bonchev–Trinajstić information content (AvgIpc) is 3.64. The third kappa shape index (κ3) is 13.6. The first-order valence-electron chi connectivity index (χ1n) is 16.2. The van der Waals surface area contributed by atoms with Gasteiger partial charge in [0.15, 0.2) is 17.7 Å². The van der Waals surface area contributed by atoms with E-state index in [2.05, 4.69) is 34.4 Å². The number of rotatable bonds is 22. The molecule has 316 valence electrons. The molecular weight excluding hydrogens is 839 g/mol. The number of phosphoric acid groups is 3. The van der Waals surface area contributed by atoms with Crippen LogP contribution in [0.25, 0.3) is 11.2 Å². The highest BCUT2D eigenvalue weighted by Gasteiger charge is 2.50. The zero-order chi connectivity index (χ0) is 42.2. The van der Waals surface area contributed by atoms with Crippen LogP contribution in [0.1, 0.15) is 39.8 Å². The average molecular weight is 882 g/mol. The number of amides is 2. The van der Waals surface area contributed by atoms with Crippen LogP contribution in [0.15, 0.2) is 12.7 Å². The Morgan fingerprint density at radius 3 is 2.34 bits per heavy atom. The minimum Gasteiger partial charge on any atom is -0.481 e. The third-order valence-corrected chi connectivity index (χ3v) is 11.8. The van der Waals surface area contributed by atoms with E-state index in [9.17, 15) is 62.7 Å². The number of nitrogens with two attached hydrogens (primary N) is 1. The fourth-order valence-electron chi connectivity index (χ4n) is 4.82. The van der Waals surface area contributed by atoms with E-state index in [0.29, 0.717) is 0 Å². The molecule has 1 aliphatic rings. The normalized spacial score (nSPS) is 22.2. The molecule has 1 fully saturated rings. The molecule has 0 bridgehead atoms. The van der Waals surface area contributed by atoms with Crippen molar-refractivity contribution in [3.8, 4) is 0 Å². The molecule has 56 heavy (non-hydrogen) atoms. The number of nitrogens with one attached hydrogen (secondary N) is 2. The number of fused-ring (bicyclic) bond motifs is 1. The van der Waals surface area contributed by atoms with Crippen molar-refractivity contribution in [1.82, 2.24) is 30.2 Å². The van der Waals surface area contributed by atoms with Gasteiger partial charge in [0.2, 0.25) is 16.9 Å². The number of phosphoric ester groups is 3. The molecule has 2 aromatic rings. The van der Waals surface area contributed by atoms with Gasteiger partial charge >= 0.3 is 29.4 Å². The lowest BCUT2D eigenvalue weighted by atomic mass is 9.87. The Kier molecular flexibility index (Phi) is 16.6. The van der Waals surface area contributed by atoms with Gasteiger partial charge in [0, 0.05) is 30.7 Å². The first-order valence-corrected chi connectivity index (χ1v) is 21.7. The highest BCUT2D eigenvalue weighted by molar-refractivity contribution is 8.13. The zero-order valence-corrected chi connectivity index (χ0v) is 33.2. The van der Waals surface area contributed by atoms with E-state index in [-0.39, 0.29) is 48.7 Å². The molecular formula is C26H42N7O19P3S. The zero-order valence-electron chi connectivity index (χ0n) is 29.7. The Morgan fingerprint density at radius 2 is 1.71 bits per heavy atom. The van der Waals surface area contributed by atoms with Gasteiger partial charge in [-0.15, -0.1) is 0 Å². The monoisotopic (exact) mass is 881 g/mol. The van der Waals surface area contributed by atoms with Crippen LogP contribution < -0.4 is 16.4 Å². The molecule has 3 rings (SSSR count). The van der Waals surface area contributed by atoms with Crippen LogP contribution in [0.4, 0.5) is 5.82 Å². The van der Waals surface area contributed by atoms with Crippen LogP contribution in [0, 0.1) is 11.3 Å². The van der Waals surface area contributed by atoms with Crippen LogP contribution in [0.3, 0.4) is 0 Å². The van der Waals surface area contributed by atoms with E-state index in [4.69, 9.17) is 24.6 Å². The first kappa shape index (κ1) is 47.4. The van der Waals surface area contributed by atoms with Gasteiger partial charge in [-0.05, 0) is 6.42 Å². The highest BCUT2D eigenvalue weighted by Crippen LogP contribution is 2.61. The Hall–Kier alpha value is -2.97. The minimum absolute atomic E-state index is 0.0186. The third-order valence-electron chi connectivity index (χ3n) is 7.74. The number of aromatic nitrogens is 4. The van der Waals surface area contributed by atoms with E-state index in [1.165, 1.54) is 13.8 Å². The summed E-state index contributed by atoms with van der Waals surface area (Å²) in [5.41, 5.74) is 4.19. The number of hydrogen-bond donors (Lipinski definition) is 10. The molecule has 1 aliphatic heterocycles. The number of imidazole rings is 1. The Morgan fingerprint density at radius 1 is 1.05 bits per heavy atom. The quantitative estimate of drug-likeness (QED) is 0.0376. The molecule has 26 nitrogen and oxygen atoms in total. The van der Waals surface area contributed by atoms with Gasteiger partial charge in [0.05, 0.1) is 19.5 Å². The van der Waals surface area contributed by atoms with Crippen LogP contribution in [0.5, 0.6) is 0 Å². The van der Waals surface area contributed by atoms with Gasteiger partial charge in [0.25, 0.3) is 0 Å². The summed E-state index contributed by atoms with van der Waals surface area (Å²) in [5, 5.41) is 34.6. The smallest absolute Gasteiger partial charge is 0.481 e. The van der Waals surface area contributed by atoms with Crippen molar-refractivity contribution in [2.24, 2.45) is 11.3 Å². The number of aliphatic carboxylic acids is 1. The number of carboxylic acids is 1. The molecule has 0 spiro atoms. The lowest BCUT2D eigenvalue weighted by Crippen LogP contribution is -2.46. The number of carboxylic acid groups (broad SMARTS) is 1. The number of thioether (sulfide) groups is 1. The molecule has 2 aromatic heterocycles. The number of aliphatic hydroxyl groups excluding tert-OH is 2. The van der Waals surface area contributed by atoms with E-state index < -0.39 is 102 Å². The predicted molar refractivity (Wildman–Crippen MR) is 189 cm³/mol. The lowest BCUT2D eigenvalue weighted by molar-refractivity contribution is -0.144. The summed E-state index contributed by atoms with van der Waals surface area (Å²) in [5.74, 6) is -3.92. The van der Waals surface area contributed by atoms with Gasteiger partial charge in [-0.25, -0.2) is 28.6 Å². The predicted octanol–water partition coefficient (Wildman–Crippen LogP) is -1.22. The molecule has 3 unspecified atom stereocenters. The molecule has 8 atom stereocenters. The number of ether oxygens (including phenoxy) is 1. The van der Waals surface area contributed by atoms with Gasteiger partial charge in [-0.2, -0.15) is 4.31 Å². The van der Waals surface area contributed by atoms with Crippen LogP contribution in [-0.4, -0.2) is 134 Å². The summed E-state index contributed by atoms with van der Waals surface area (Å²) in [7, 11) is -16.5. The van der Waals surface area contributed by atoms with E-state index in [0.717, 1.165) is 29.0 Å². The van der Waals surface area contributed by atoms with E-state index >= 15 is 0 Å². The largest absolute Gasteiger partial charge is 0.481 e. The van der Waals surface area contributed by atoms with Crippen molar-refractivity contribution >= 4 is 75.1 Å². The van der Waals surface area contributed by atoms with Gasteiger partial charge < -0.3 is 56.0 Å². The van der Waals surface area contributed by atoms with Crippen LogP contribution in [0.2, 0.25) is 0 Å². The number of carbonyl (C=O) groups is 4. The van der Waals surface area contributed by atoms with Crippen molar-refractivity contribution < 1.29 is 90.4 Å². The molecule has 1 saturated heterocycles. The van der Waals surface area contributed by atoms with Gasteiger partial charge in [-0.1, -0.05) is 32.5 Å². The fraction of sp³-hybridized carbons (Fsp3) is 0.654. The van der Waals surface area contributed by atoms with Crippen LogP contribution >= 0.6 is 35.2 Å². The molecule has 30 heteroatoms. The number of aliphatic hydroxyl groups is 2. The number of anilines is 1. The standard InChI is InChI=1S/C26H42N7O19P3S/c1-4-13(24(38)39)25(40)56-8-7-28-15(34)5-6-29-22(37)19(36)26(2,3)10-49-55(46,47)52-54(44,45)48-9-14-18(51-53(41,42)43)17(35)23(50-14)33-12-32-16-20(27)30-11-31-21(16)33/h11-14,17-19,23,35-36H,4-10H2,1-3H3,(H,28,34)(H,29,37)(H,38,39)(H,44,45)(H,46,47)(H2,27,30,31)(H2,41,42,43)/t13?,14-,17-,18-,19+,23-/m1/s1. The summed E-state index contributed by atoms with van der Waals surface area (Å²) in [4.78, 5) is 98.4. The summed E-state index contributed by atoms with van der Waals surface area (Å²) < 4.78 is 61.9. The Balaban J connectivity index is 1.49. The summed E-state index contributed by atoms with van der Waals surface area (Å²) in [6, 6.07) is 0. The molecule has 0 saturated carbocycles. The molecule has 0 radical (unpaired) electrons. The van der Waals surface area contributed by atoms with E-state index in [1.54, 1.807) is 6.92 Å². The summed E-state index contributed by atoms with van der Waals surface area (Å²) >= 11 is 0.750. The number of hydrogen-bond acceptors (Lipinski definition) is 19. The Labute approximate surface area is 321 Å². The molecule has 11 N–H and O–H groups in total. The first-order chi connectivity index (χ1) is 25.9. The summed E-state index contributed by atoms with van der Waals surface area (Å²) in [6.45, 7) is 1.68. The molecule has 0 aromatic carbocycles.